The number of halogens is 1. The summed E-state index contributed by atoms with van der Waals surface area (Å²) in [4.78, 5) is 66.1. The number of esters is 2. The van der Waals surface area contributed by atoms with Crippen LogP contribution in [0.4, 0.5) is 9.18 Å². The number of ether oxygens (including phenoxy) is 5. The van der Waals surface area contributed by atoms with Gasteiger partial charge < -0.3 is 28.8 Å². The highest BCUT2D eigenvalue weighted by molar-refractivity contribution is 6.01. The molecule has 9 atom stereocenters. The van der Waals surface area contributed by atoms with Gasteiger partial charge >= 0.3 is 18.1 Å². The third-order valence-corrected chi connectivity index (χ3v) is 13.5. The van der Waals surface area contributed by atoms with Crippen molar-refractivity contribution in [3.63, 3.8) is 0 Å². The second-order valence-electron chi connectivity index (χ2n) is 16.8. The fourth-order valence-electron chi connectivity index (χ4n) is 10.2. The van der Waals surface area contributed by atoms with E-state index in [-0.39, 0.29) is 42.3 Å². The standard InChI is InChI=1S/C44H59FO11/c1-8-10-14-38(49)56-44(28(4)22-33-32-17-16-30-24-31(46)19-20-41(30,5)43(32,45)36(47)25-42(33,44)6)37(48)26-54-40(51)55-34-18-15-29(23-35(34)52-7)39(50)53-21-12-11-13-27(3)9-2/h15,18-20,23-24,27-28,32-33,36,47H,8-14,16-17,21-22,25-26H2,1-7H3. The molecule has 0 heterocycles. The van der Waals surface area contributed by atoms with Gasteiger partial charge in [-0.1, -0.05) is 65.5 Å². The summed E-state index contributed by atoms with van der Waals surface area (Å²) in [5.74, 6) is -3.31. The van der Waals surface area contributed by atoms with Crippen LogP contribution in [0, 0.1) is 34.5 Å². The molecule has 0 aliphatic heterocycles. The first-order valence-electron chi connectivity index (χ1n) is 20.3. The Morgan fingerprint density at radius 3 is 2.48 bits per heavy atom. The van der Waals surface area contributed by atoms with Gasteiger partial charge in [-0.3, -0.25) is 14.4 Å². The topological polar surface area (TPSA) is 152 Å². The first-order valence-corrected chi connectivity index (χ1v) is 20.3. The number of aliphatic hydroxyl groups excluding tert-OH is 1. The lowest BCUT2D eigenvalue weighted by Crippen LogP contribution is -2.70. The largest absolute Gasteiger partial charge is 0.514 e. The SMILES string of the molecule is CCCCC(=O)OC1(C(=O)COC(=O)Oc2ccc(C(=O)OCCCCC(C)CC)cc2OC)C(C)CC2C3CCC4=CC(=O)C=CC4(C)C3(F)C(O)CC21C. The summed E-state index contributed by atoms with van der Waals surface area (Å²) < 4.78 is 45.6. The third-order valence-electron chi connectivity index (χ3n) is 13.5. The molecule has 12 heteroatoms. The van der Waals surface area contributed by atoms with Gasteiger partial charge in [0.2, 0.25) is 5.78 Å². The van der Waals surface area contributed by atoms with Crippen LogP contribution in [0.3, 0.4) is 0 Å². The zero-order valence-electron chi connectivity index (χ0n) is 34.0. The molecule has 0 saturated heterocycles. The van der Waals surface area contributed by atoms with Crippen molar-refractivity contribution in [1.29, 1.82) is 0 Å². The van der Waals surface area contributed by atoms with Crippen LogP contribution in [0.1, 0.15) is 123 Å². The quantitative estimate of drug-likeness (QED) is 0.0747. The fraction of sp³-hybridized carbons (Fsp3) is 0.659. The molecule has 0 amide bonds. The average Bonchev–Trinajstić information content (AvgIpc) is 3.38. The summed E-state index contributed by atoms with van der Waals surface area (Å²) in [7, 11) is 1.34. The van der Waals surface area contributed by atoms with Crippen molar-refractivity contribution in [2.75, 3.05) is 20.3 Å². The number of rotatable bonds is 16. The van der Waals surface area contributed by atoms with Gasteiger partial charge in [0.25, 0.3) is 0 Å². The second-order valence-corrected chi connectivity index (χ2v) is 16.8. The van der Waals surface area contributed by atoms with Crippen molar-refractivity contribution in [3.8, 4) is 11.5 Å². The van der Waals surface area contributed by atoms with E-state index in [4.69, 9.17) is 23.7 Å². The lowest BCUT2D eigenvalue weighted by atomic mass is 9.44. The Morgan fingerprint density at radius 1 is 1.04 bits per heavy atom. The minimum Gasteiger partial charge on any atom is -0.493 e. The van der Waals surface area contributed by atoms with Crippen LogP contribution >= 0.6 is 0 Å². The number of carbonyl (C=O) groups excluding carboxylic acids is 5. The maximum Gasteiger partial charge on any atom is 0.514 e. The van der Waals surface area contributed by atoms with E-state index in [0.29, 0.717) is 43.6 Å². The van der Waals surface area contributed by atoms with Gasteiger partial charge in [-0.15, -0.1) is 0 Å². The van der Waals surface area contributed by atoms with E-state index in [1.165, 1.54) is 37.5 Å². The molecule has 3 saturated carbocycles. The molecule has 0 aromatic heterocycles. The number of methoxy groups -OCH3 is 1. The Morgan fingerprint density at radius 2 is 1.79 bits per heavy atom. The number of unbranched alkanes of at least 4 members (excludes halogenated alkanes) is 2. The number of benzene rings is 1. The van der Waals surface area contributed by atoms with Crippen LogP contribution in [0.25, 0.3) is 0 Å². The van der Waals surface area contributed by atoms with Crippen LogP contribution in [-0.2, 0) is 28.6 Å². The lowest BCUT2D eigenvalue weighted by Gasteiger charge is -2.62. The van der Waals surface area contributed by atoms with Crippen molar-refractivity contribution < 1.29 is 57.2 Å². The molecular formula is C44H59FO11. The maximum absolute atomic E-state index is 17.8. The number of alkyl halides is 1. The van der Waals surface area contributed by atoms with Crippen LogP contribution in [0.15, 0.2) is 42.0 Å². The number of aliphatic hydroxyl groups is 1. The molecule has 1 N–H and O–H groups in total. The maximum atomic E-state index is 17.8. The molecule has 1 aromatic carbocycles. The Balaban J connectivity index is 1.33. The summed E-state index contributed by atoms with van der Waals surface area (Å²) in [5.41, 5.74) is -5.64. The number of carbonyl (C=O) groups is 5. The van der Waals surface area contributed by atoms with Gasteiger partial charge in [-0.05, 0) is 94.1 Å². The first-order chi connectivity index (χ1) is 26.5. The summed E-state index contributed by atoms with van der Waals surface area (Å²) in [6, 6.07) is 4.17. The monoisotopic (exact) mass is 782 g/mol. The Kier molecular flexibility index (Phi) is 13.2. The molecule has 0 radical (unpaired) electrons. The second kappa shape index (κ2) is 17.2. The molecule has 4 aliphatic rings. The van der Waals surface area contributed by atoms with Crippen molar-refractivity contribution in [3.05, 3.63) is 47.6 Å². The molecule has 11 nitrogen and oxygen atoms in total. The number of Topliss-reactive ketones (excluding diaryl/α,β-unsaturated/α-hetero) is 1. The Hall–Kier alpha value is -4.06. The highest BCUT2D eigenvalue weighted by atomic mass is 19.1. The average molecular weight is 783 g/mol. The predicted molar refractivity (Wildman–Crippen MR) is 205 cm³/mol. The molecule has 1 aromatic rings. The van der Waals surface area contributed by atoms with Crippen molar-refractivity contribution in [2.45, 2.75) is 130 Å². The Labute approximate surface area is 329 Å². The molecule has 0 spiro atoms. The van der Waals surface area contributed by atoms with Crippen LogP contribution < -0.4 is 9.47 Å². The predicted octanol–water partition coefficient (Wildman–Crippen LogP) is 8.24. The van der Waals surface area contributed by atoms with Crippen LogP contribution in [-0.4, -0.2) is 72.5 Å². The van der Waals surface area contributed by atoms with Crippen molar-refractivity contribution >= 4 is 29.7 Å². The number of allylic oxidation sites excluding steroid dienone is 4. The van der Waals surface area contributed by atoms with E-state index in [1.54, 1.807) is 26.8 Å². The molecule has 4 aliphatic carbocycles. The van der Waals surface area contributed by atoms with E-state index < -0.39 is 76.4 Å². The van der Waals surface area contributed by atoms with Gasteiger partial charge in [-0.25, -0.2) is 14.0 Å². The lowest BCUT2D eigenvalue weighted by molar-refractivity contribution is -0.228. The Bertz CT molecular complexity index is 1740. The van der Waals surface area contributed by atoms with Gasteiger partial charge in [0.15, 0.2) is 35.2 Å². The van der Waals surface area contributed by atoms with Gasteiger partial charge in [0.05, 0.1) is 25.4 Å². The zero-order valence-corrected chi connectivity index (χ0v) is 34.0. The summed E-state index contributed by atoms with van der Waals surface area (Å²) >= 11 is 0. The van der Waals surface area contributed by atoms with Gasteiger partial charge in [0.1, 0.15) is 0 Å². The van der Waals surface area contributed by atoms with E-state index in [1.807, 2.05) is 6.92 Å². The highest BCUT2D eigenvalue weighted by Crippen LogP contribution is 2.71. The molecule has 3 fully saturated rings. The van der Waals surface area contributed by atoms with Crippen LogP contribution in [0.5, 0.6) is 11.5 Å². The fourth-order valence-corrected chi connectivity index (χ4v) is 10.2. The minimum absolute atomic E-state index is 0.0492. The summed E-state index contributed by atoms with van der Waals surface area (Å²) in [6.45, 7) is 11.0. The molecule has 56 heavy (non-hydrogen) atoms. The van der Waals surface area contributed by atoms with E-state index in [2.05, 4.69) is 13.8 Å². The number of hydrogen-bond acceptors (Lipinski definition) is 11. The van der Waals surface area contributed by atoms with Gasteiger partial charge in [-0.2, -0.15) is 0 Å². The molecule has 308 valence electrons. The summed E-state index contributed by atoms with van der Waals surface area (Å²) in [5, 5.41) is 11.9. The van der Waals surface area contributed by atoms with Crippen LogP contribution in [0.2, 0.25) is 0 Å². The van der Waals surface area contributed by atoms with Crippen molar-refractivity contribution in [2.24, 2.45) is 34.5 Å². The smallest absolute Gasteiger partial charge is 0.493 e. The highest BCUT2D eigenvalue weighted by Gasteiger charge is 2.77. The van der Waals surface area contributed by atoms with E-state index in [9.17, 15) is 29.1 Å². The minimum atomic E-state index is -2.15. The molecule has 9 unspecified atom stereocenters. The molecular weight excluding hydrogens is 723 g/mol. The third kappa shape index (κ3) is 7.66. The number of ketones is 2. The number of fused-ring (bicyclic) bond motifs is 5. The summed E-state index contributed by atoms with van der Waals surface area (Å²) in [6.07, 6.45) is 7.58. The van der Waals surface area contributed by atoms with Gasteiger partial charge in [0, 0.05) is 29.1 Å². The number of hydrogen-bond donors (Lipinski definition) is 1. The van der Waals surface area contributed by atoms with E-state index in [0.717, 1.165) is 25.7 Å². The van der Waals surface area contributed by atoms with E-state index >= 15 is 4.39 Å². The molecule has 5 rings (SSSR count). The van der Waals surface area contributed by atoms with Crippen molar-refractivity contribution in [1.82, 2.24) is 0 Å². The zero-order chi connectivity index (χ0) is 41.1. The molecule has 0 bridgehead atoms. The first kappa shape index (κ1) is 43.1. The normalized spacial score (nSPS) is 32.2.